The van der Waals surface area contributed by atoms with Gasteiger partial charge in [-0.05, 0) is 11.4 Å². The Morgan fingerprint density at radius 1 is 1.53 bits per heavy atom. The molecule has 0 aliphatic carbocycles. The number of nitrogens with zero attached hydrogens (tertiary/aromatic N) is 4. The number of hydrogen-bond acceptors (Lipinski definition) is 6. The van der Waals surface area contributed by atoms with Gasteiger partial charge in [0.05, 0.1) is 6.54 Å². The van der Waals surface area contributed by atoms with Crippen molar-refractivity contribution in [1.82, 2.24) is 9.97 Å². The summed E-state index contributed by atoms with van der Waals surface area (Å²) in [5.74, 6) is 1.29. The summed E-state index contributed by atoms with van der Waals surface area (Å²) in [7, 11) is 1.66. The molecule has 86 valence electrons. The van der Waals surface area contributed by atoms with Crippen LogP contribution in [-0.4, -0.2) is 17.0 Å². The van der Waals surface area contributed by atoms with Crippen molar-refractivity contribution >= 4 is 23.0 Å². The first-order chi connectivity index (χ1) is 8.29. The second kappa shape index (κ2) is 5.27. The van der Waals surface area contributed by atoms with Gasteiger partial charge in [-0.2, -0.15) is 5.26 Å². The summed E-state index contributed by atoms with van der Waals surface area (Å²) in [6.07, 6.45) is 3.44. The van der Waals surface area contributed by atoms with Gasteiger partial charge in [-0.25, -0.2) is 9.97 Å². The Morgan fingerprint density at radius 3 is 3.12 bits per heavy atom. The van der Waals surface area contributed by atoms with Gasteiger partial charge in [0.1, 0.15) is 18.0 Å². The number of hydrogen-bond donors (Lipinski definition) is 1. The minimum Gasteiger partial charge on any atom is -0.365 e. The van der Waals surface area contributed by atoms with Crippen LogP contribution in [0.15, 0.2) is 29.9 Å². The molecule has 0 unspecified atom stereocenters. The molecule has 17 heavy (non-hydrogen) atoms. The largest absolute Gasteiger partial charge is 0.365 e. The van der Waals surface area contributed by atoms with Crippen LogP contribution < -0.4 is 10.2 Å². The minimum absolute atomic E-state index is 0.580. The Morgan fingerprint density at radius 2 is 2.41 bits per heavy atom. The molecule has 2 heterocycles. The van der Waals surface area contributed by atoms with Crippen molar-refractivity contribution in [3.05, 3.63) is 34.8 Å². The number of anilines is 2. The van der Waals surface area contributed by atoms with E-state index in [1.807, 2.05) is 17.6 Å². The van der Waals surface area contributed by atoms with Gasteiger partial charge in [0.25, 0.3) is 0 Å². The van der Waals surface area contributed by atoms with Crippen LogP contribution in [0.5, 0.6) is 0 Å². The monoisotopic (exact) mass is 245 g/mol. The molecule has 0 amide bonds. The predicted molar refractivity (Wildman–Crippen MR) is 67.7 cm³/mol. The summed E-state index contributed by atoms with van der Waals surface area (Å²) in [5.41, 5.74) is 0. The average molecular weight is 245 g/mol. The number of thiophene rings is 1. The van der Waals surface area contributed by atoms with Crippen LogP contribution in [0.3, 0.4) is 0 Å². The zero-order valence-electron chi connectivity index (χ0n) is 9.29. The fourth-order valence-electron chi connectivity index (χ4n) is 1.27. The summed E-state index contributed by atoms with van der Waals surface area (Å²) in [4.78, 5) is 10.7. The zero-order valence-corrected chi connectivity index (χ0v) is 10.1. The van der Waals surface area contributed by atoms with Crippen LogP contribution in [0.2, 0.25) is 0 Å². The number of rotatable bonds is 4. The first-order valence-corrected chi connectivity index (χ1v) is 5.89. The maximum absolute atomic E-state index is 8.76. The molecule has 2 aromatic rings. The average Bonchev–Trinajstić information content (AvgIpc) is 2.89. The number of aromatic nitrogens is 2. The van der Waals surface area contributed by atoms with Crippen molar-refractivity contribution in [2.75, 3.05) is 17.3 Å². The molecule has 0 aromatic carbocycles. The van der Waals surface area contributed by atoms with Gasteiger partial charge in [-0.3, -0.25) is 4.90 Å². The van der Waals surface area contributed by atoms with E-state index >= 15 is 0 Å². The quantitative estimate of drug-likeness (QED) is 0.660. The van der Waals surface area contributed by atoms with Gasteiger partial charge < -0.3 is 5.32 Å². The third-order valence-electron chi connectivity index (χ3n) is 2.17. The maximum Gasteiger partial charge on any atom is 0.185 e. The molecular weight excluding hydrogens is 234 g/mol. The van der Waals surface area contributed by atoms with Crippen LogP contribution in [-0.2, 0) is 6.54 Å². The van der Waals surface area contributed by atoms with Gasteiger partial charge in [0.2, 0.25) is 0 Å². The van der Waals surface area contributed by atoms with E-state index in [1.165, 1.54) is 16.1 Å². The SMILES string of the molecule is CN(C#N)c1cc(NCc2cccs2)ncn1. The lowest BCUT2D eigenvalue weighted by Crippen LogP contribution is -2.11. The Bertz CT molecular complexity index is 517. The number of nitriles is 1. The molecule has 5 nitrogen and oxygen atoms in total. The third kappa shape index (κ3) is 2.92. The highest BCUT2D eigenvalue weighted by Gasteiger charge is 2.03. The fourth-order valence-corrected chi connectivity index (χ4v) is 1.91. The lowest BCUT2D eigenvalue weighted by molar-refractivity contribution is 1.06. The fraction of sp³-hybridized carbons (Fsp3) is 0.182. The molecule has 0 spiro atoms. The van der Waals surface area contributed by atoms with Gasteiger partial charge in [-0.15, -0.1) is 11.3 Å². The van der Waals surface area contributed by atoms with Crippen molar-refractivity contribution in [2.24, 2.45) is 0 Å². The van der Waals surface area contributed by atoms with Crippen LogP contribution in [0.1, 0.15) is 4.88 Å². The first-order valence-electron chi connectivity index (χ1n) is 5.01. The van der Waals surface area contributed by atoms with Gasteiger partial charge in [0, 0.05) is 18.0 Å². The standard InChI is InChI=1S/C11H11N5S/c1-16(7-12)11-5-10(14-8-15-11)13-6-9-3-2-4-17-9/h2-5,8H,6H2,1H3,(H,13,14,15). The molecule has 0 radical (unpaired) electrons. The second-order valence-electron chi connectivity index (χ2n) is 3.35. The molecule has 0 aliphatic rings. The zero-order chi connectivity index (χ0) is 12.1. The van der Waals surface area contributed by atoms with Crippen molar-refractivity contribution < 1.29 is 0 Å². The Kier molecular flexibility index (Phi) is 3.52. The molecule has 0 bridgehead atoms. The Labute approximate surface area is 103 Å². The molecule has 2 rings (SSSR count). The van der Waals surface area contributed by atoms with Crippen LogP contribution >= 0.6 is 11.3 Å². The van der Waals surface area contributed by atoms with E-state index in [0.29, 0.717) is 11.6 Å². The second-order valence-corrected chi connectivity index (χ2v) is 4.39. The van der Waals surface area contributed by atoms with E-state index in [4.69, 9.17) is 5.26 Å². The maximum atomic E-state index is 8.76. The molecule has 0 fully saturated rings. The van der Waals surface area contributed by atoms with Crippen LogP contribution in [0.4, 0.5) is 11.6 Å². The van der Waals surface area contributed by atoms with E-state index in [9.17, 15) is 0 Å². The molecule has 0 saturated heterocycles. The highest BCUT2D eigenvalue weighted by molar-refractivity contribution is 7.09. The molecule has 0 saturated carbocycles. The van der Waals surface area contributed by atoms with E-state index in [2.05, 4.69) is 21.4 Å². The highest BCUT2D eigenvalue weighted by Crippen LogP contribution is 2.14. The molecular formula is C11H11N5S. The van der Waals surface area contributed by atoms with Gasteiger partial charge in [-0.1, -0.05) is 6.07 Å². The first kappa shape index (κ1) is 11.4. The normalized spacial score (nSPS) is 9.65. The summed E-state index contributed by atoms with van der Waals surface area (Å²) >= 11 is 1.69. The van der Waals surface area contributed by atoms with E-state index in [-0.39, 0.29) is 0 Å². The summed E-state index contributed by atoms with van der Waals surface area (Å²) in [6, 6.07) is 5.81. The lowest BCUT2D eigenvalue weighted by Gasteiger charge is -2.09. The van der Waals surface area contributed by atoms with E-state index in [1.54, 1.807) is 24.5 Å². The smallest absolute Gasteiger partial charge is 0.185 e. The topological polar surface area (TPSA) is 64.8 Å². The van der Waals surface area contributed by atoms with Crippen LogP contribution in [0.25, 0.3) is 0 Å². The Balaban J connectivity index is 2.04. The molecule has 2 aromatic heterocycles. The lowest BCUT2D eigenvalue weighted by atomic mass is 10.4. The van der Waals surface area contributed by atoms with Crippen molar-refractivity contribution in [1.29, 1.82) is 5.26 Å². The third-order valence-corrected chi connectivity index (χ3v) is 3.05. The van der Waals surface area contributed by atoms with Crippen molar-refractivity contribution in [3.63, 3.8) is 0 Å². The predicted octanol–water partition coefficient (Wildman–Crippen LogP) is 2.07. The molecule has 0 atom stereocenters. The highest BCUT2D eigenvalue weighted by atomic mass is 32.1. The van der Waals surface area contributed by atoms with Gasteiger partial charge in [0.15, 0.2) is 6.19 Å². The summed E-state index contributed by atoms with van der Waals surface area (Å²) in [6.45, 7) is 0.727. The summed E-state index contributed by atoms with van der Waals surface area (Å²) < 4.78 is 0. The molecule has 1 N–H and O–H groups in total. The minimum atomic E-state index is 0.580. The van der Waals surface area contributed by atoms with E-state index in [0.717, 1.165) is 6.54 Å². The van der Waals surface area contributed by atoms with Crippen molar-refractivity contribution in [2.45, 2.75) is 6.54 Å². The Hall–Kier alpha value is -2.13. The summed E-state index contributed by atoms with van der Waals surface area (Å²) in [5, 5.41) is 14.0. The number of nitrogens with one attached hydrogen (secondary N) is 1. The molecule has 0 aliphatic heterocycles. The molecule has 6 heteroatoms. The van der Waals surface area contributed by atoms with E-state index < -0.39 is 0 Å². The van der Waals surface area contributed by atoms with Crippen LogP contribution in [0, 0.1) is 11.5 Å². The van der Waals surface area contributed by atoms with Crippen molar-refractivity contribution in [3.8, 4) is 6.19 Å². The van der Waals surface area contributed by atoms with Gasteiger partial charge >= 0.3 is 0 Å².